The molecule has 6 rings (SSSR count). The van der Waals surface area contributed by atoms with Crippen LogP contribution in [0.25, 0.3) is 11.1 Å². The molecule has 2 aliphatic heterocycles. The van der Waals surface area contributed by atoms with E-state index >= 15 is 0 Å². The molecule has 0 saturated carbocycles. The Hall–Kier alpha value is -4.42. The number of nitrogens with two attached hydrogens (primary N) is 2. The first kappa shape index (κ1) is 23.9. The highest BCUT2D eigenvalue weighted by Crippen LogP contribution is 2.37. The summed E-state index contributed by atoms with van der Waals surface area (Å²) in [5.74, 6) is 0.481. The van der Waals surface area contributed by atoms with Crippen LogP contribution in [-0.2, 0) is 13.1 Å². The van der Waals surface area contributed by atoms with E-state index in [4.69, 9.17) is 11.5 Å². The standard InChI is InChI=1S/C26H28N10O2/c1-13-15(5-3-7-17(13)19-9-29-11-21-31-33-25(23(27)37)35(19)21)16-6-4-8-18(14(16)2)20-10-30-12-22-32-34-26(24(28)38)36(20)22/h3-8,19-20,29-30H,9-12H2,1-2H3,(H2,27,37)(H2,28,38). The van der Waals surface area contributed by atoms with Gasteiger partial charge in [-0.25, -0.2) is 0 Å². The van der Waals surface area contributed by atoms with E-state index < -0.39 is 11.8 Å². The molecule has 0 bridgehead atoms. The summed E-state index contributed by atoms with van der Waals surface area (Å²) in [6.45, 7) is 6.45. The van der Waals surface area contributed by atoms with Crippen LogP contribution in [0.5, 0.6) is 0 Å². The fourth-order valence-corrected chi connectivity index (χ4v) is 5.81. The number of hydrogen-bond donors (Lipinski definition) is 4. The summed E-state index contributed by atoms with van der Waals surface area (Å²) in [4.78, 5) is 24.2. The van der Waals surface area contributed by atoms with Gasteiger partial charge >= 0.3 is 0 Å². The van der Waals surface area contributed by atoms with Crippen molar-refractivity contribution in [2.45, 2.75) is 39.0 Å². The van der Waals surface area contributed by atoms with E-state index in [-0.39, 0.29) is 23.7 Å². The zero-order valence-electron chi connectivity index (χ0n) is 21.1. The number of hydrogen-bond acceptors (Lipinski definition) is 8. The summed E-state index contributed by atoms with van der Waals surface area (Å²) in [5.41, 5.74) is 17.7. The maximum absolute atomic E-state index is 12.1. The number of nitrogens with one attached hydrogen (secondary N) is 2. The highest BCUT2D eigenvalue weighted by atomic mass is 16.2. The Labute approximate surface area is 218 Å². The van der Waals surface area contributed by atoms with Gasteiger partial charge in [0.05, 0.1) is 25.2 Å². The Kier molecular flexibility index (Phi) is 5.77. The largest absolute Gasteiger partial charge is 0.363 e. The Morgan fingerprint density at radius 1 is 0.737 bits per heavy atom. The van der Waals surface area contributed by atoms with Gasteiger partial charge in [0, 0.05) is 13.1 Å². The molecule has 2 amide bonds. The maximum atomic E-state index is 12.1. The first-order chi connectivity index (χ1) is 18.4. The first-order valence-corrected chi connectivity index (χ1v) is 12.4. The lowest BCUT2D eigenvalue weighted by atomic mass is 9.87. The summed E-state index contributed by atoms with van der Waals surface area (Å²) >= 11 is 0. The van der Waals surface area contributed by atoms with Gasteiger partial charge in [0.1, 0.15) is 11.6 Å². The molecule has 2 aromatic carbocycles. The molecule has 4 aromatic rings. The summed E-state index contributed by atoms with van der Waals surface area (Å²) < 4.78 is 3.70. The fourth-order valence-electron chi connectivity index (χ4n) is 5.81. The van der Waals surface area contributed by atoms with E-state index in [2.05, 4.69) is 69.1 Å². The van der Waals surface area contributed by atoms with Crippen LogP contribution in [0.15, 0.2) is 36.4 Å². The predicted molar refractivity (Wildman–Crippen MR) is 138 cm³/mol. The molecule has 12 nitrogen and oxygen atoms in total. The Morgan fingerprint density at radius 3 is 1.55 bits per heavy atom. The number of carbonyl (C=O) groups excluding carboxylic acids is 2. The van der Waals surface area contributed by atoms with Gasteiger partial charge in [-0.1, -0.05) is 36.4 Å². The van der Waals surface area contributed by atoms with E-state index in [0.29, 0.717) is 37.8 Å². The molecular weight excluding hydrogens is 484 g/mol. The first-order valence-electron chi connectivity index (χ1n) is 12.4. The van der Waals surface area contributed by atoms with E-state index in [0.717, 1.165) is 33.4 Å². The molecule has 0 aliphatic carbocycles. The molecule has 0 fully saturated rings. The van der Waals surface area contributed by atoms with Crippen molar-refractivity contribution >= 4 is 11.8 Å². The molecule has 0 spiro atoms. The average molecular weight is 513 g/mol. The van der Waals surface area contributed by atoms with Crippen molar-refractivity contribution < 1.29 is 9.59 Å². The van der Waals surface area contributed by atoms with Gasteiger partial charge in [-0.3, -0.25) is 18.7 Å². The molecule has 4 heterocycles. The maximum Gasteiger partial charge on any atom is 0.286 e. The molecule has 6 N–H and O–H groups in total. The third kappa shape index (κ3) is 3.68. The van der Waals surface area contributed by atoms with Gasteiger partial charge in [-0.05, 0) is 47.2 Å². The van der Waals surface area contributed by atoms with Crippen LogP contribution < -0.4 is 22.1 Å². The molecular formula is C26H28N10O2. The number of fused-ring (bicyclic) bond motifs is 2. The highest BCUT2D eigenvalue weighted by molar-refractivity contribution is 5.89. The Bertz CT molecular complexity index is 1470. The topological polar surface area (TPSA) is 172 Å². The summed E-state index contributed by atoms with van der Waals surface area (Å²) in [6, 6.07) is 12.0. The van der Waals surface area contributed by atoms with E-state index in [1.54, 1.807) is 0 Å². The normalized spacial score (nSPS) is 18.6. The number of aromatic nitrogens is 6. The minimum atomic E-state index is -0.599. The zero-order valence-corrected chi connectivity index (χ0v) is 21.1. The Morgan fingerprint density at radius 2 is 1.16 bits per heavy atom. The SMILES string of the molecule is Cc1c(-c2cccc(C3CNCc4nnc(C(N)=O)n43)c2C)cccc1C1CNCc2nnc(C(N)=O)n21. The average Bonchev–Trinajstić information content (AvgIpc) is 3.54. The predicted octanol–water partition coefficient (Wildman–Crippen LogP) is 0.736. The van der Waals surface area contributed by atoms with Gasteiger partial charge in [-0.15, -0.1) is 20.4 Å². The molecule has 2 aliphatic rings. The second-order valence-electron chi connectivity index (χ2n) is 9.68. The third-order valence-electron chi connectivity index (χ3n) is 7.60. The highest BCUT2D eigenvalue weighted by Gasteiger charge is 2.31. The van der Waals surface area contributed by atoms with Crippen LogP contribution >= 0.6 is 0 Å². The molecule has 2 aromatic heterocycles. The van der Waals surface area contributed by atoms with E-state index in [1.807, 2.05) is 21.3 Å². The number of nitrogens with zero attached hydrogens (tertiary/aromatic N) is 6. The van der Waals surface area contributed by atoms with Gasteiger partial charge in [0.25, 0.3) is 11.8 Å². The summed E-state index contributed by atoms with van der Waals surface area (Å²) in [7, 11) is 0. The number of carbonyl (C=O) groups is 2. The lowest BCUT2D eigenvalue weighted by Crippen LogP contribution is -2.36. The molecule has 0 saturated heterocycles. The molecule has 0 radical (unpaired) electrons. The summed E-state index contributed by atoms with van der Waals surface area (Å²) in [6.07, 6.45) is 0. The van der Waals surface area contributed by atoms with E-state index in [9.17, 15) is 9.59 Å². The number of primary amides is 2. The third-order valence-corrected chi connectivity index (χ3v) is 7.60. The van der Waals surface area contributed by atoms with Crippen molar-refractivity contribution in [1.29, 1.82) is 0 Å². The summed E-state index contributed by atoms with van der Waals surface area (Å²) in [5, 5.41) is 23.2. The van der Waals surface area contributed by atoms with Crippen LogP contribution in [0, 0.1) is 13.8 Å². The minimum Gasteiger partial charge on any atom is -0.363 e. The van der Waals surface area contributed by atoms with Crippen LogP contribution in [0.4, 0.5) is 0 Å². The lowest BCUT2D eigenvalue weighted by Gasteiger charge is -2.30. The number of amides is 2. The molecule has 12 heteroatoms. The lowest BCUT2D eigenvalue weighted by molar-refractivity contribution is 0.0975. The molecule has 194 valence electrons. The minimum absolute atomic E-state index is 0.161. The zero-order chi connectivity index (χ0) is 26.6. The molecule has 38 heavy (non-hydrogen) atoms. The van der Waals surface area contributed by atoms with Crippen LogP contribution in [0.1, 0.15) is 67.2 Å². The quantitative estimate of drug-likeness (QED) is 0.303. The molecule has 2 atom stereocenters. The van der Waals surface area contributed by atoms with Crippen molar-refractivity contribution in [3.63, 3.8) is 0 Å². The van der Waals surface area contributed by atoms with Crippen molar-refractivity contribution in [3.8, 4) is 11.1 Å². The number of benzene rings is 2. The fraction of sp³-hybridized carbons (Fsp3) is 0.308. The van der Waals surface area contributed by atoms with Crippen LogP contribution in [0.2, 0.25) is 0 Å². The van der Waals surface area contributed by atoms with Crippen LogP contribution in [0.3, 0.4) is 0 Å². The smallest absolute Gasteiger partial charge is 0.286 e. The van der Waals surface area contributed by atoms with Crippen molar-refractivity contribution in [1.82, 2.24) is 40.2 Å². The second-order valence-corrected chi connectivity index (χ2v) is 9.68. The Balaban J connectivity index is 1.45. The van der Waals surface area contributed by atoms with Crippen molar-refractivity contribution in [3.05, 3.63) is 81.9 Å². The van der Waals surface area contributed by atoms with E-state index in [1.165, 1.54) is 0 Å². The van der Waals surface area contributed by atoms with Gasteiger partial charge in [-0.2, -0.15) is 0 Å². The van der Waals surface area contributed by atoms with Gasteiger partial charge in [0.2, 0.25) is 11.6 Å². The second kappa shape index (κ2) is 9.15. The monoisotopic (exact) mass is 512 g/mol. The van der Waals surface area contributed by atoms with Crippen LogP contribution in [-0.4, -0.2) is 54.4 Å². The number of rotatable bonds is 5. The van der Waals surface area contributed by atoms with Crippen molar-refractivity contribution in [2.75, 3.05) is 13.1 Å². The molecule has 2 unspecified atom stereocenters. The van der Waals surface area contributed by atoms with Gasteiger partial charge < -0.3 is 22.1 Å². The van der Waals surface area contributed by atoms with Crippen molar-refractivity contribution in [2.24, 2.45) is 11.5 Å². The van der Waals surface area contributed by atoms with Gasteiger partial charge in [0.15, 0.2) is 0 Å².